The highest BCUT2D eigenvalue weighted by Crippen LogP contribution is 2.10. The van der Waals surface area contributed by atoms with Crippen molar-refractivity contribution < 1.29 is 4.39 Å². The van der Waals surface area contributed by atoms with Crippen LogP contribution in [0.4, 0.5) is 4.39 Å². The standard InChI is InChI=1S/C10H11FN2O/c1-12-8-4-2-3-5-9(8)13(7-6-11)10(12)14/h2-5H,6-7H2,1H3. The fraction of sp³-hybridized carbons (Fsp3) is 0.300. The van der Waals surface area contributed by atoms with Crippen LogP contribution in [0.1, 0.15) is 0 Å². The summed E-state index contributed by atoms with van der Waals surface area (Å²) in [4.78, 5) is 11.6. The lowest BCUT2D eigenvalue weighted by molar-refractivity contribution is 0.443. The van der Waals surface area contributed by atoms with E-state index in [0.29, 0.717) is 0 Å². The van der Waals surface area contributed by atoms with E-state index in [9.17, 15) is 9.18 Å². The SMILES string of the molecule is Cn1c(=O)n(CCF)c2ccccc21. The summed E-state index contributed by atoms with van der Waals surface area (Å²) in [5.41, 5.74) is 1.47. The highest BCUT2D eigenvalue weighted by molar-refractivity contribution is 5.75. The molecule has 4 heteroatoms. The molecule has 0 radical (unpaired) electrons. The molecule has 1 aromatic heterocycles. The van der Waals surface area contributed by atoms with E-state index in [-0.39, 0.29) is 12.2 Å². The van der Waals surface area contributed by atoms with Gasteiger partial charge in [-0.05, 0) is 12.1 Å². The van der Waals surface area contributed by atoms with Crippen LogP contribution in [0.2, 0.25) is 0 Å². The van der Waals surface area contributed by atoms with Crippen molar-refractivity contribution in [3.05, 3.63) is 34.7 Å². The van der Waals surface area contributed by atoms with Crippen LogP contribution in [0.25, 0.3) is 11.0 Å². The van der Waals surface area contributed by atoms with Gasteiger partial charge >= 0.3 is 5.69 Å². The number of halogens is 1. The number of aromatic nitrogens is 2. The van der Waals surface area contributed by atoms with Crippen LogP contribution in [0.15, 0.2) is 29.1 Å². The van der Waals surface area contributed by atoms with Gasteiger partial charge < -0.3 is 0 Å². The van der Waals surface area contributed by atoms with E-state index in [2.05, 4.69) is 0 Å². The van der Waals surface area contributed by atoms with Crippen LogP contribution in [0.5, 0.6) is 0 Å². The lowest BCUT2D eigenvalue weighted by atomic mass is 10.3. The van der Waals surface area contributed by atoms with Gasteiger partial charge in [0.05, 0.1) is 17.6 Å². The number of aryl methyl sites for hydroxylation is 2. The zero-order chi connectivity index (χ0) is 10.1. The number of benzene rings is 1. The van der Waals surface area contributed by atoms with Crippen LogP contribution < -0.4 is 5.69 Å². The Labute approximate surface area is 80.4 Å². The van der Waals surface area contributed by atoms with E-state index < -0.39 is 6.67 Å². The maximum absolute atomic E-state index is 12.2. The zero-order valence-electron chi connectivity index (χ0n) is 7.90. The third kappa shape index (κ3) is 1.14. The van der Waals surface area contributed by atoms with E-state index in [1.165, 1.54) is 9.13 Å². The first kappa shape index (κ1) is 8.99. The van der Waals surface area contributed by atoms with Gasteiger partial charge in [0.25, 0.3) is 0 Å². The lowest BCUT2D eigenvalue weighted by Gasteiger charge is -1.96. The second-order valence-electron chi connectivity index (χ2n) is 3.17. The van der Waals surface area contributed by atoms with Gasteiger partial charge in [-0.25, -0.2) is 9.18 Å². The molecule has 1 heterocycles. The number of rotatable bonds is 2. The van der Waals surface area contributed by atoms with Crippen molar-refractivity contribution in [3.63, 3.8) is 0 Å². The molecule has 0 unspecified atom stereocenters. The van der Waals surface area contributed by atoms with Gasteiger partial charge in [-0.15, -0.1) is 0 Å². The number of hydrogen-bond donors (Lipinski definition) is 0. The van der Waals surface area contributed by atoms with Crippen molar-refractivity contribution in [1.82, 2.24) is 9.13 Å². The number of fused-ring (bicyclic) bond motifs is 1. The molecule has 74 valence electrons. The van der Waals surface area contributed by atoms with Crippen LogP contribution in [-0.2, 0) is 13.6 Å². The van der Waals surface area contributed by atoms with Gasteiger partial charge in [0, 0.05) is 7.05 Å². The van der Waals surface area contributed by atoms with Crippen LogP contribution in [-0.4, -0.2) is 15.8 Å². The molecule has 0 saturated carbocycles. The van der Waals surface area contributed by atoms with Gasteiger partial charge in [-0.2, -0.15) is 0 Å². The van der Waals surface area contributed by atoms with E-state index in [1.807, 2.05) is 24.3 Å². The minimum Gasteiger partial charge on any atom is -0.295 e. The molecular formula is C10H11FN2O. The molecule has 0 aliphatic carbocycles. The monoisotopic (exact) mass is 194 g/mol. The molecule has 14 heavy (non-hydrogen) atoms. The molecule has 0 amide bonds. The van der Waals surface area contributed by atoms with Gasteiger partial charge in [0.1, 0.15) is 6.67 Å². The molecule has 2 rings (SSSR count). The molecule has 3 nitrogen and oxygen atoms in total. The van der Waals surface area contributed by atoms with Crippen LogP contribution in [0, 0.1) is 0 Å². The maximum Gasteiger partial charge on any atom is 0.328 e. The molecule has 0 spiro atoms. The Hall–Kier alpha value is -1.58. The molecule has 1 aromatic carbocycles. The topological polar surface area (TPSA) is 26.9 Å². The third-order valence-electron chi connectivity index (χ3n) is 2.36. The number of para-hydroxylation sites is 2. The maximum atomic E-state index is 12.2. The van der Waals surface area contributed by atoms with Crippen molar-refractivity contribution in [3.8, 4) is 0 Å². The Bertz CT molecular complexity index is 512. The average molecular weight is 194 g/mol. The zero-order valence-corrected chi connectivity index (χ0v) is 7.90. The number of hydrogen-bond acceptors (Lipinski definition) is 1. The molecule has 2 aromatic rings. The third-order valence-corrected chi connectivity index (χ3v) is 2.36. The normalized spacial score (nSPS) is 11.0. The fourth-order valence-electron chi connectivity index (χ4n) is 1.66. The number of nitrogens with zero attached hydrogens (tertiary/aromatic N) is 2. The Kier molecular flexibility index (Phi) is 2.11. The van der Waals surface area contributed by atoms with E-state index in [4.69, 9.17) is 0 Å². The first-order valence-corrected chi connectivity index (χ1v) is 4.46. The summed E-state index contributed by atoms with van der Waals surface area (Å²) in [6, 6.07) is 7.38. The summed E-state index contributed by atoms with van der Waals surface area (Å²) in [6.45, 7) is -0.395. The Morgan fingerprint density at radius 2 is 1.93 bits per heavy atom. The summed E-state index contributed by atoms with van der Waals surface area (Å²) >= 11 is 0. The number of alkyl halides is 1. The fourth-order valence-corrected chi connectivity index (χ4v) is 1.66. The number of imidazole rings is 1. The van der Waals surface area contributed by atoms with Crippen molar-refractivity contribution in [1.29, 1.82) is 0 Å². The van der Waals surface area contributed by atoms with Crippen molar-refractivity contribution in [2.75, 3.05) is 6.67 Å². The highest BCUT2D eigenvalue weighted by Gasteiger charge is 2.08. The Morgan fingerprint density at radius 3 is 2.57 bits per heavy atom. The van der Waals surface area contributed by atoms with Crippen molar-refractivity contribution >= 4 is 11.0 Å². The Balaban J connectivity index is 2.81. The minimum atomic E-state index is -0.520. The molecular weight excluding hydrogens is 183 g/mol. The summed E-state index contributed by atoms with van der Waals surface area (Å²) in [6.07, 6.45) is 0. The summed E-state index contributed by atoms with van der Waals surface area (Å²) in [7, 11) is 1.69. The van der Waals surface area contributed by atoms with E-state index in [1.54, 1.807) is 7.05 Å². The molecule has 0 aliphatic rings. The van der Waals surface area contributed by atoms with Gasteiger partial charge in [0.15, 0.2) is 0 Å². The second kappa shape index (κ2) is 3.29. The molecule has 0 N–H and O–H groups in total. The first-order valence-electron chi connectivity index (χ1n) is 4.46. The largest absolute Gasteiger partial charge is 0.328 e. The summed E-state index contributed by atoms with van der Waals surface area (Å²) in [5.74, 6) is 0. The lowest BCUT2D eigenvalue weighted by Crippen LogP contribution is -2.22. The molecule has 0 fully saturated rings. The van der Waals surface area contributed by atoms with Crippen LogP contribution >= 0.6 is 0 Å². The van der Waals surface area contributed by atoms with Gasteiger partial charge in [-0.3, -0.25) is 9.13 Å². The first-order chi connectivity index (χ1) is 6.75. The molecule has 0 atom stereocenters. The molecule has 0 bridgehead atoms. The predicted molar refractivity (Wildman–Crippen MR) is 53.2 cm³/mol. The summed E-state index contributed by atoms with van der Waals surface area (Å²) in [5, 5.41) is 0. The van der Waals surface area contributed by atoms with Gasteiger partial charge in [0.2, 0.25) is 0 Å². The minimum absolute atomic E-state index is 0.125. The predicted octanol–water partition coefficient (Wildman–Crippen LogP) is 1.31. The summed E-state index contributed by atoms with van der Waals surface area (Å²) < 4.78 is 15.2. The Morgan fingerprint density at radius 1 is 1.29 bits per heavy atom. The highest BCUT2D eigenvalue weighted by atomic mass is 19.1. The average Bonchev–Trinajstić information content (AvgIpc) is 2.45. The van der Waals surface area contributed by atoms with E-state index >= 15 is 0 Å². The van der Waals surface area contributed by atoms with E-state index in [0.717, 1.165) is 11.0 Å². The second-order valence-corrected chi connectivity index (χ2v) is 3.17. The van der Waals surface area contributed by atoms with Crippen LogP contribution in [0.3, 0.4) is 0 Å². The van der Waals surface area contributed by atoms with Crippen molar-refractivity contribution in [2.45, 2.75) is 6.54 Å². The smallest absolute Gasteiger partial charge is 0.295 e. The van der Waals surface area contributed by atoms with Crippen molar-refractivity contribution in [2.24, 2.45) is 7.05 Å². The van der Waals surface area contributed by atoms with Gasteiger partial charge in [-0.1, -0.05) is 12.1 Å². The quantitative estimate of drug-likeness (QED) is 0.708. The molecule has 0 saturated heterocycles. The molecule has 0 aliphatic heterocycles.